The Kier molecular flexibility index (Phi) is 4.73. The fourth-order valence-electron chi connectivity index (χ4n) is 5.39. The first-order valence-corrected chi connectivity index (χ1v) is 11.0. The van der Waals surface area contributed by atoms with Crippen LogP contribution in [0.15, 0.2) is 24.4 Å². The van der Waals surface area contributed by atoms with E-state index >= 15 is 0 Å². The fourth-order valence-corrected chi connectivity index (χ4v) is 5.39. The lowest BCUT2D eigenvalue weighted by molar-refractivity contribution is -0.0360. The van der Waals surface area contributed by atoms with Gasteiger partial charge >= 0.3 is 0 Å². The third kappa shape index (κ3) is 3.66. The van der Waals surface area contributed by atoms with Crippen LogP contribution >= 0.6 is 0 Å². The lowest BCUT2D eigenvalue weighted by Gasteiger charge is -2.42. The molecule has 2 aromatic rings. The summed E-state index contributed by atoms with van der Waals surface area (Å²) >= 11 is 0. The molecule has 27 heavy (non-hydrogen) atoms. The normalized spacial score (nSPS) is 29.5. The Bertz CT molecular complexity index is 782. The van der Waals surface area contributed by atoms with E-state index in [2.05, 4.69) is 46.7 Å². The maximum atomic E-state index is 6.25. The molecule has 2 aliphatic heterocycles. The quantitative estimate of drug-likeness (QED) is 0.719. The third-order valence-electron chi connectivity index (χ3n) is 7.08. The zero-order valence-electron chi connectivity index (χ0n) is 16.8. The second kappa shape index (κ2) is 7.21. The first-order valence-electron chi connectivity index (χ1n) is 11.0. The Morgan fingerprint density at radius 3 is 2.67 bits per heavy atom. The van der Waals surface area contributed by atoms with Crippen molar-refractivity contribution in [3.63, 3.8) is 0 Å². The van der Waals surface area contributed by atoms with Crippen LogP contribution in [0.25, 0.3) is 10.9 Å². The first-order chi connectivity index (χ1) is 13.2. The number of rotatable bonds is 7. The van der Waals surface area contributed by atoms with Crippen LogP contribution in [-0.4, -0.2) is 45.5 Å². The molecule has 4 heteroatoms. The van der Waals surface area contributed by atoms with Gasteiger partial charge in [-0.1, -0.05) is 12.1 Å². The minimum Gasteiger partial charge on any atom is -0.378 e. The van der Waals surface area contributed by atoms with Crippen LogP contribution in [0.3, 0.4) is 0 Å². The molecule has 146 valence electrons. The lowest BCUT2D eigenvalue weighted by atomic mass is 9.97. The summed E-state index contributed by atoms with van der Waals surface area (Å²) in [6, 6.07) is 8.71. The summed E-state index contributed by atoms with van der Waals surface area (Å²) in [6.45, 7) is 6.61. The number of hydrogen-bond donors (Lipinski definition) is 0. The second-order valence-electron chi connectivity index (χ2n) is 9.27. The highest BCUT2D eigenvalue weighted by Gasteiger charge is 2.43. The maximum Gasteiger partial charge on any atom is 0.0685 e. The summed E-state index contributed by atoms with van der Waals surface area (Å²) in [6.07, 6.45) is 11.7. The number of benzene rings is 1. The van der Waals surface area contributed by atoms with E-state index < -0.39 is 0 Å². The van der Waals surface area contributed by atoms with Crippen LogP contribution in [-0.2, 0) is 11.3 Å². The van der Waals surface area contributed by atoms with Gasteiger partial charge in [0, 0.05) is 36.7 Å². The summed E-state index contributed by atoms with van der Waals surface area (Å²) < 4.78 is 8.45. The van der Waals surface area contributed by atoms with Gasteiger partial charge in [0.15, 0.2) is 0 Å². The minimum absolute atomic E-state index is 0.518. The largest absolute Gasteiger partial charge is 0.378 e. The number of aromatic nitrogens is 2. The van der Waals surface area contributed by atoms with Crippen LogP contribution in [0.2, 0.25) is 0 Å². The van der Waals surface area contributed by atoms with Crippen LogP contribution in [0.1, 0.15) is 57.4 Å². The van der Waals surface area contributed by atoms with Gasteiger partial charge in [0.25, 0.3) is 0 Å². The lowest BCUT2D eigenvalue weighted by Crippen LogP contribution is -2.50. The van der Waals surface area contributed by atoms with E-state index in [9.17, 15) is 0 Å². The van der Waals surface area contributed by atoms with Gasteiger partial charge in [0.1, 0.15) is 0 Å². The molecule has 0 N–H and O–H groups in total. The van der Waals surface area contributed by atoms with Crippen molar-refractivity contribution in [3.05, 3.63) is 30.0 Å². The molecule has 0 amide bonds. The van der Waals surface area contributed by atoms with Gasteiger partial charge in [-0.3, -0.25) is 9.58 Å². The Balaban J connectivity index is 1.20. The monoisotopic (exact) mass is 367 g/mol. The number of ether oxygens (including phenoxy) is 1. The topological polar surface area (TPSA) is 30.3 Å². The van der Waals surface area contributed by atoms with E-state index in [1.165, 1.54) is 61.4 Å². The van der Waals surface area contributed by atoms with Crippen molar-refractivity contribution >= 4 is 10.9 Å². The smallest absolute Gasteiger partial charge is 0.0685 e. The number of fused-ring (bicyclic) bond motifs is 3. The van der Waals surface area contributed by atoms with Crippen molar-refractivity contribution in [2.75, 3.05) is 6.61 Å². The zero-order chi connectivity index (χ0) is 18.4. The Morgan fingerprint density at radius 1 is 1.15 bits per heavy atom. The molecule has 3 unspecified atom stereocenters. The molecule has 3 aliphatic rings. The molecule has 1 saturated carbocycles. The molecule has 5 rings (SSSR count). The van der Waals surface area contributed by atoms with Crippen LogP contribution in [0, 0.1) is 12.8 Å². The van der Waals surface area contributed by atoms with Gasteiger partial charge in [-0.25, -0.2) is 0 Å². The number of hydrogen-bond acceptors (Lipinski definition) is 3. The Hall–Kier alpha value is -1.39. The van der Waals surface area contributed by atoms with Gasteiger partial charge in [-0.2, -0.15) is 5.10 Å². The third-order valence-corrected chi connectivity index (χ3v) is 7.08. The molecule has 0 spiro atoms. The minimum atomic E-state index is 0.518. The number of piperidine rings is 1. The highest BCUT2D eigenvalue weighted by Crippen LogP contribution is 2.40. The molecule has 3 heterocycles. The molecule has 4 nitrogen and oxygen atoms in total. The van der Waals surface area contributed by atoms with Crippen molar-refractivity contribution in [2.45, 2.75) is 89.6 Å². The summed E-state index contributed by atoms with van der Waals surface area (Å²) in [5.74, 6) is 0.882. The molecular weight excluding hydrogens is 334 g/mol. The highest BCUT2D eigenvalue weighted by atomic mass is 16.5. The molecule has 2 saturated heterocycles. The van der Waals surface area contributed by atoms with Gasteiger partial charge < -0.3 is 4.74 Å². The summed E-state index contributed by atoms with van der Waals surface area (Å²) in [7, 11) is 0. The average Bonchev–Trinajstić information content (AvgIpc) is 3.35. The average molecular weight is 368 g/mol. The SMILES string of the molecule is Cc1ccc2cnn(CCC(C)N3C4CCC3CC(OCC3CC3)C4)c2c1. The predicted molar refractivity (Wildman–Crippen MR) is 109 cm³/mol. The van der Waals surface area contributed by atoms with Gasteiger partial charge in [0.05, 0.1) is 17.8 Å². The van der Waals surface area contributed by atoms with Gasteiger partial charge in [0.2, 0.25) is 0 Å². The van der Waals surface area contributed by atoms with Crippen molar-refractivity contribution in [1.29, 1.82) is 0 Å². The van der Waals surface area contributed by atoms with Crippen LogP contribution in [0.5, 0.6) is 0 Å². The van der Waals surface area contributed by atoms with E-state index in [1.807, 2.05) is 6.20 Å². The van der Waals surface area contributed by atoms with Gasteiger partial charge in [-0.05, 0) is 76.3 Å². The van der Waals surface area contributed by atoms with E-state index in [0.717, 1.165) is 31.2 Å². The molecule has 3 fully saturated rings. The van der Waals surface area contributed by atoms with Crippen molar-refractivity contribution in [2.24, 2.45) is 5.92 Å². The van der Waals surface area contributed by atoms with Crippen molar-refractivity contribution < 1.29 is 4.74 Å². The Labute approximate surface area is 162 Å². The molecule has 1 aromatic heterocycles. The van der Waals surface area contributed by atoms with E-state index in [1.54, 1.807) is 0 Å². The van der Waals surface area contributed by atoms with E-state index in [4.69, 9.17) is 4.74 Å². The maximum absolute atomic E-state index is 6.25. The second-order valence-corrected chi connectivity index (χ2v) is 9.27. The van der Waals surface area contributed by atoms with Crippen molar-refractivity contribution in [3.8, 4) is 0 Å². The van der Waals surface area contributed by atoms with E-state index in [-0.39, 0.29) is 0 Å². The fraction of sp³-hybridized carbons (Fsp3) is 0.696. The Morgan fingerprint density at radius 2 is 1.93 bits per heavy atom. The summed E-state index contributed by atoms with van der Waals surface area (Å²) in [5, 5.41) is 5.90. The predicted octanol–water partition coefficient (Wildman–Crippen LogP) is 4.55. The molecule has 2 bridgehead atoms. The molecule has 0 radical (unpaired) electrons. The molecule has 1 aliphatic carbocycles. The first kappa shape index (κ1) is 17.7. The zero-order valence-corrected chi connectivity index (χ0v) is 16.8. The summed E-state index contributed by atoms with van der Waals surface area (Å²) in [5.41, 5.74) is 2.58. The standard InChI is InChI=1S/C23H33N3O/c1-16-3-6-19-14-24-25(23(19)11-16)10-9-17(2)26-20-7-8-21(26)13-22(12-20)27-15-18-4-5-18/h3,6,11,14,17-18,20-22H,4-5,7-10,12-13,15H2,1-2H3. The molecular formula is C23H33N3O. The van der Waals surface area contributed by atoms with Crippen LogP contribution < -0.4 is 0 Å². The number of nitrogens with zero attached hydrogens (tertiary/aromatic N) is 3. The summed E-state index contributed by atoms with van der Waals surface area (Å²) in [4.78, 5) is 2.83. The molecule has 1 aromatic carbocycles. The van der Waals surface area contributed by atoms with Crippen molar-refractivity contribution in [1.82, 2.24) is 14.7 Å². The molecule has 3 atom stereocenters. The van der Waals surface area contributed by atoms with Gasteiger partial charge in [-0.15, -0.1) is 0 Å². The van der Waals surface area contributed by atoms with Crippen LogP contribution in [0.4, 0.5) is 0 Å². The highest BCUT2D eigenvalue weighted by molar-refractivity contribution is 5.79. The van der Waals surface area contributed by atoms with E-state index in [0.29, 0.717) is 12.1 Å². The number of aryl methyl sites for hydroxylation is 2.